The second kappa shape index (κ2) is 6.25. The van der Waals surface area contributed by atoms with Gasteiger partial charge in [-0.15, -0.1) is 0 Å². The Hall–Kier alpha value is -2.00. The molecule has 0 unspecified atom stereocenters. The molecule has 0 aliphatic heterocycles. The summed E-state index contributed by atoms with van der Waals surface area (Å²) in [5, 5.41) is 9.22. The van der Waals surface area contributed by atoms with Crippen LogP contribution in [0.2, 0.25) is 0 Å². The maximum absolute atomic E-state index is 9.22. The first kappa shape index (κ1) is 13.4. The Morgan fingerprint density at radius 2 is 1.84 bits per heavy atom. The molecule has 0 spiro atoms. The highest BCUT2D eigenvalue weighted by Crippen LogP contribution is 2.23. The highest BCUT2D eigenvalue weighted by molar-refractivity contribution is 5.47. The summed E-state index contributed by atoms with van der Waals surface area (Å²) in [6.45, 7) is 0.785. The number of nitrogens with zero attached hydrogens (tertiary/aromatic N) is 1. The summed E-state index contributed by atoms with van der Waals surface area (Å²) in [6.07, 6.45) is 0. The van der Waals surface area contributed by atoms with E-state index in [4.69, 9.17) is 4.74 Å². The molecular weight excluding hydrogens is 238 g/mol. The van der Waals surface area contributed by atoms with E-state index in [0.29, 0.717) is 0 Å². The van der Waals surface area contributed by atoms with Gasteiger partial charge in [-0.3, -0.25) is 0 Å². The SMILES string of the molecule is COc1ccc(CO)cc1CN(C)c1ccccc1. The van der Waals surface area contributed by atoms with E-state index in [1.807, 2.05) is 43.4 Å². The zero-order valence-corrected chi connectivity index (χ0v) is 11.3. The molecule has 0 aliphatic carbocycles. The zero-order chi connectivity index (χ0) is 13.7. The number of methoxy groups -OCH3 is 1. The average Bonchev–Trinajstić information content (AvgIpc) is 2.48. The minimum Gasteiger partial charge on any atom is -0.496 e. The van der Waals surface area contributed by atoms with Crippen molar-refractivity contribution in [2.24, 2.45) is 0 Å². The molecule has 0 saturated carbocycles. The molecule has 3 nitrogen and oxygen atoms in total. The molecule has 1 N–H and O–H groups in total. The zero-order valence-electron chi connectivity index (χ0n) is 11.3. The summed E-state index contributed by atoms with van der Waals surface area (Å²) < 4.78 is 5.37. The van der Waals surface area contributed by atoms with Gasteiger partial charge in [-0.25, -0.2) is 0 Å². The largest absolute Gasteiger partial charge is 0.496 e. The summed E-state index contributed by atoms with van der Waals surface area (Å²) in [5.74, 6) is 0.847. The number of hydrogen-bond donors (Lipinski definition) is 1. The molecular formula is C16H19NO2. The number of para-hydroxylation sites is 1. The number of ether oxygens (including phenoxy) is 1. The van der Waals surface area contributed by atoms with Crippen LogP contribution in [0.1, 0.15) is 11.1 Å². The predicted molar refractivity (Wildman–Crippen MR) is 77.5 cm³/mol. The van der Waals surface area contributed by atoms with Crippen LogP contribution >= 0.6 is 0 Å². The highest BCUT2D eigenvalue weighted by Gasteiger charge is 2.08. The Morgan fingerprint density at radius 3 is 2.47 bits per heavy atom. The number of rotatable bonds is 5. The number of anilines is 1. The van der Waals surface area contributed by atoms with E-state index in [-0.39, 0.29) is 6.61 Å². The lowest BCUT2D eigenvalue weighted by atomic mass is 10.1. The lowest BCUT2D eigenvalue weighted by Crippen LogP contribution is -2.16. The predicted octanol–water partition coefficient (Wildman–Crippen LogP) is 2.82. The molecule has 0 saturated heterocycles. The number of benzene rings is 2. The Labute approximate surface area is 114 Å². The first-order chi connectivity index (χ1) is 9.24. The third kappa shape index (κ3) is 3.26. The van der Waals surface area contributed by atoms with E-state index < -0.39 is 0 Å². The molecule has 2 aromatic rings. The Balaban J connectivity index is 2.22. The molecule has 0 atom stereocenters. The van der Waals surface area contributed by atoms with E-state index in [0.717, 1.165) is 29.1 Å². The van der Waals surface area contributed by atoms with Gasteiger partial charge in [0.2, 0.25) is 0 Å². The molecule has 0 aromatic heterocycles. The van der Waals surface area contributed by atoms with Gasteiger partial charge in [-0.05, 0) is 29.8 Å². The maximum Gasteiger partial charge on any atom is 0.123 e. The van der Waals surface area contributed by atoms with Crippen molar-refractivity contribution in [2.75, 3.05) is 19.1 Å². The molecule has 19 heavy (non-hydrogen) atoms. The minimum atomic E-state index is 0.0477. The molecule has 2 aromatic carbocycles. The second-order valence-corrected chi connectivity index (χ2v) is 4.50. The number of hydrogen-bond acceptors (Lipinski definition) is 3. The fourth-order valence-corrected chi connectivity index (χ4v) is 2.08. The van der Waals surface area contributed by atoms with Crippen LogP contribution in [0.15, 0.2) is 48.5 Å². The van der Waals surface area contributed by atoms with Gasteiger partial charge in [0, 0.05) is 24.8 Å². The fraction of sp³-hybridized carbons (Fsp3) is 0.250. The van der Waals surface area contributed by atoms with Crippen molar-refractivity contribution in [1.29, 1.82) is 0 Å². The summed E-state index contributed by atoms with van der Waals surface area (Å²) in [4.78, 5) is 2.15. The smallest absolute Gasteiger partial charge is 0.123 e. The van der Waals surface area contributed by atoms with Crippen molar-refractivity contribution in [3.8, 4) is 5.75 Å². The maximum atomic E-state index is 9.22. The van der Waals surface area contributed by atoms with Crippen LogP contribution in [0.3, 0.4) is 0 Å². The van der Waals surface area contributed by atoms with E-state index in [1.54, 1.807) is 7.11 Å². The molecule has 0 bridgehead atoms. The molecule has 0 radical (unpaired) electrons. The van der Waals surface area contributed by atoms with E-state index in [1.165, 1.54) is 0 Å². The van der Waals surface area contributed by atoms with E-state index in [9.17, 15) is 5.11 Å². The summed E-state index contributed by atoms with van der Waals surface area (Å²) >= 11 is 0. The molecule has 3 heteroatoms. The lowest BCUT2D eigenvalue weighted by Gasteiger charge is -2.21. The van der Waals surface area contributed by atoms with Crippen molar-refractivity contribution in [3.63, 3.8) is 0 Å². The van der Waals surface area contributed by atoms with E-state index in [2.05, 4.69) is 17.0 Å². The highest BCUT2D eigenvalue weighted by atomic mass is 16.5. The van der Waals surface area contributed by atoms with Crippen molar-refractivity contribution < 1.29 is 9.84 Å². The normalized spacial score (nSPS) is 10.3. The standard InChI is InChI=1S/C16H19NO2/c1-17(15-6-4-3-5-7-15)11-14-10-13(12-18)8-9-16(14)19-2/h3-10,18H,11-12H2,1-2H3. The van der Waals surface area contributed by atoms with E-state index >= 15 is 0 Å². The van der Waals surface area contributed by atoms with Crippen LogP contribution in [0.5, 0.6) is 5.75 Å². The third-order valence-electron chi connectivity index (χ3n) is 3.13. The van der Waals surface area contributed by atoms with Gasteiger partial charge in [0.05, 0.1) is 13.7 Å². The molecule has 0 amide bonds. The molecule has 0 heterocycles. The van der Waals surface area contributed by atoms with Crippen LogP contribution in [-0.4, -0.2) is 19.3 Å². The van der Waals surface area contributed by atoms with Crippen molar-refractivity contribution in [2.45, 2.75) is 13.2 Å². The third-order valence-corrected chi connectivity index (χ3v) is 3.13. The van der Waals surface area contributed by atoms with Gasteiger partial charge < -0.3 is 14.7 Å². The Kier molecular flexibility index (Phi) is 4.42. The number of aliphatic hydroxyl groups excluding tert-OH is 1. The topological polar surface area (TPSA) is 32.7 Å². The summed E-state index contributed by atoms with van der Waals surface area (Å²) in [6, 6.07) is 16.0. The average molecular weight is 257 g/mol. The minimum absolute atomic E-state index is 0.0477. The van der Waals surface area contributed by atoms with Crippen molar-refractivity contribution >= 4 is 5.69 Å². The van der Waals surface area contributed by atoms with Gasteiger partial charge in [-0.2, -0.15) is 0 Å². The monoisotopic (exact) mass is 257 g/mol. The van der Waals surface area contributed by atoms with Crippen LogP contribution < -0.4 is 9.64 Å². The van der Waals surface area contributed by atoms with Crippen LogP contribution in [0.25, 0.3) is 0 Å². The Bertz CT molecular complexity index is 526. The van der Waals surface area contributed by atoms with Crippen LogP contribution in [0, 0.1) is 0 Å². The Morgan fingerprint density at radius 1 is 1.11 bits per heavy atom. The summed E-state index contributed by atoms with van der Waals surface area (Å²) in [5.41, 5.74) is 3.12. The second-order valence-electron chi connectivity index (χ2n) is 4.50. The van der Waals surface area contributed by atoms with Gasteiger partial charge in [0.25, 0.3) is 0 Å². The first-order valence-corrected chi connectivity index (χ1v) is 6.27. The van der Waals surface area contributed by atoms with Crippen LogP contribution in [-0.2, 0) is 13.2 Å². The molecule has 0 fully saturated rings. The van der Waals surface area contributed by atoms with Crippen molar-refractivity contribution in [3.05, 3.63) is 59.7 Å². The van der Waals surface area contributed by atoms with Crippen molar-refractivity contribution in [1.82, 2.24) is 0 Å². The van der Waals surface area contributed by atoms with Gasteiger partial charge in [0.1, 0.15) is 5.75 Å². The number of aliphatic hydroxyl groups is 1. The molecule has 0 aliphatic rings. The van der Waals surface area contributed by atoms with Gasteiger partial charge >= 0.3 is 0 Å². The first-order valence-electron chi connectivity index (χ1n) is 6.27. The molecule has 100 valence electrons. The quantitative estimate of drug-likeness (QED) is 0.894. The van der Waals surface area contributed by atoms with Gasteiger partial charge in [0.15, 0.2) is 0 Å². The fourth-order valence-electron chi connectivity index (χ4n) is 2.08. The molecule has 2 rings (SSSR count). The summed E-state index contributed by atoms with van der Waals surface area (Å²) in [7, 11) is 3.71. The lowest BCUT2D eigenvalue weighted by molar-refractivity contribution is 0.281. The van der Waals surface area contributed by atoms with Gasteiger partial charge in [-0.1, -0.05) is 24.3 Å². The van der Waals surface area contributed by atoms with Crippen LogP contribution in [0.4, 0.5) is 5.69 Å².